The summed E-state index contributed by atoms with van der Waals surface area (Å²) in [5.74, 6) is 0.498. The molecule has 0 unspecified atom stereocenters. The molecule has 0 spiro atoms. The fourth-order valence-electron chi connectivity index (χ4n) is 4.28. The van der Waals surface area contributed by atoms with Crippen LogP contribution in [0.5, 0.6) is 0 Å². The minimum atomic E-state index is -1.67. The van der Waals surface area contributed by atoms with Crippen LogP contribution in [0.4, 0.5) is 22.0 Å². The van der Waals surface area contributed by atoms with Gasteiger partial charge in [-0.15, -0.1) is 0 Å². The third-order valence-electron chi connectivity index (χ3n) is 6.10. The number of hydrogen-bond donors (Lipinski definition) is 0. The van der Waals surface area contributed by atoms with Crippen molar-refractivity contribution in [2.45, 2.75) is 44.9 Å². The zero-order valence-electron chi connectivity index (χ0n) is 17.0. The molecule has 1 aliphatic rings. The second-order valence-electron chi connectivity index (χ2n) is 8.07. The van der Waals surface area contributed by atoms with E-state index in [0.29, 0.717) is 11.1 Å². The zero-order chi connectivity index (χ0) is 22.1. The van der Waals surface area contributed by atoms with Crippen LogP contribution in [-0.2, 0) is 6.42 Å². The van der Waals surface area contributed by atoms with Gasteiger partial charge in [-0.25, -0.2) is 22.0 Å². The molecule has 0 aliphatic heterocycles. The maximum absolute atomic E-state index is 14.5. The van der Waals surface area contributed by atoms with E-state index in [1.807, 2.05) is 13.0 Å². The van der Waals surface area contributed by atoms with Crippen LogP contribution in [0.1, 0.15) is 55.2 Å². The number of halogens is 5. The first-order valence-corrected chi connectivity index (χ1v) is 10.4. The predicted octanol–water partition coefficient (Wildman–Crippen LogP) is 7.42. The Morgan fingerprint density at radius 1 is 0.806 bits per heavy atom. The topological polar surface area (TPSA) is 0 Å². The first kappa shape index (κ1) is 21.4. The Hall–Kier alpha value is -2.87. The number of benzene rings is 3. The first-order valence-electron chi connectivity index (χ1n) is 10.4. The third-order valence-corrected chi connectivity index (χ3v) is 6.10. The largest absolute Gasteiger partial charge is 0.206 e. The highest BCUT2D eigenvalue weighted by molar-refractivity contribution is 5.84. The molecule has 0 saturated heterocycles. The smallest absolute Gasteiger partial charge is 0.195 e. The number of rotatable bonds is 2. The number of aryl methyl sites for hydroxylation is 1. The van der Waals surface area contributed by atoms with E-state index in [2.05, 4.69) is 11.8 Å². The van der Waals surface area contributed by atoms with Crippen LogP contribution in [0, 0.1) is 46.8 Å². The summed E-state index contributed by atoms with van der Waals surface area (Å²) in [4.78, 5) is 0. The van der Waals surface area contributed by atoms with E-state index in [0.717, 1.165) is 43.7 Å². The molecule has 0 nitrogen and oxygen atoms in total. The number of fused-ring (bicyclic) bond motifs is 1. The molecule has 1 saturated carbocycles. The second kappa shape index (κ2) is 8.70. The van der Waals surface area contributed by atoms with Crippen LogP contribution in [0.15, 0.2) is 36.4 Å². The van der Waals surface area contributed by atoms with Crippen molar-refractivity contribution in [2.24, 2.45) is 5.92 Å². The van der Waals surface area contributed by atoms with Crippen molar-refractivity contribution in [1.82, 2.24) is 0 Å². The van der Waals surface area contributed by atoms with Crippen molar-refractivity contribution in [1.29, 1.82) is 0 Å². The second-order valence-corrected chi connectivity index (χ2v) is 8.07. The summed E-state index contributed by atoms with van der Waals surface area (Å²) in [5.41, 5.74) is 1.95. The molecule has 0 amide bonds. The molecule has 0 radical (unpaired) electrons. The Morgan fingerprint density at radius 3 is 2.23 bits per heavy atom. The molecule has 5 heteroatoms. The molecular weight excluding hydrogens is 407 g/mol. The van der Waals surface area contributed by atoms with Crippen molar-refractivity contribution >= 4 is 10.8 Å². The van der Waals surface area contributed by atoms with Gasteiger partial charge in [-0.2, -0.15) is 0 Å². The number of hydrogen-bond acceptors (Lipinski definition) is 0. The van der Waals surface area contributed by atoms with Gasteiger partial charge < -0.3 is 0 Å². The minimum Gasteiger partial charge on any atom is -0.206 e. The van der Waals surface area contributed by atoms with E-state index in [4.69, 9.17) is 0 Å². The standard InChI is InChI=1S/C26H21F5/c1-2-15-3-9-18(21(27)11-15)10-6-16-4-7-17(8-5-16)19-12-20-14-23(29)25(30)26(31)24(20)22(28)13-19/h3,9,11-14,16-17H,2,4-5,7-8H2,1H3. The highest BCUT2D eigenvalue weighted by Crippen LogP contribution is 2.38. The summed E-state index contributed by atoms with van der Waals surface area (Å²) >= 11 is 0. The van der Waals surface area contributed by atoms with Crippen molar-refractivity contribution in [2.75, 3.05) is 0 Å². The van der Waals surface area contributed by atoms with Gasteiger partial charge in [0.25, 0.3) is 0 Å². The van der Waals surface area contributed by atoms with Gasteiger partial charge in [-0.3, -0.25) is 0 Å². The van der Waals surface area contributed by atoms with Gasteiger partial charge in [0, 0.05) is 5.92 Å². The fraction of sp³-hybridized carbons (Fsp3) is 0.308. The summed E-state index contributed by atoms with van der Waals surface area (Å²) < 4.78 is 69.5. The lowest BCUT2D eigenvalue weighted by molar-refractivity contribution is 0.384. The summed E-state index contributed by atoms with van der Waals surface area (Å²) in [6.45, 7) is 1.96. The van der Waals surface area contributed by atoms with E-state index >= 15 is 0 Å². The van der Waals surface area contributed by atoms with Gasteiger partial charge in [0.15, 0.2) is 17.5 Å². The molecule has 1 fully saturated rings. The summed E-state index contributed by atoms with van der Waals surface area (Å²) in [6.07, 6.45) is 3.75. The van der Waals surface area contributed by atoms with Crippen LogP contribution >= 0.6 is 0 Å². The minimum absolute atomic E-state index is 0.0133. The van der Waals surface area contributed by atoms with E-state index in [9.17, 15) is 22.0 Å². The van der Waals surface area contributed by atoms with Gasteiger partial charge >= 0.3 is 0 Å². The van der Waals surface area contributed by atoms with E-state index < -0.39 is 28.7 Å². The Kier molecular flexibility index (Phi) is 6.00. The van der Waals surface area contributed by atoms with Gasteiger partial charge in [-0.05, 0) is 78.8 Å². The SMILES string of the molecule is CCc1ccc(C#CC2CCC(c3cc(F)c4c(F)c(F)c(F)cc4c3)CC2)c(F)c1. The van der Waals surface area contributed by atoms with E-state index in [1.54, 1.807) is 6.07 Å². The van der Waals surface area contributed by atoms with Crippen molar-refractivity contribution < 1.29 is 22.0 Å². The molecule has 1 aliphatic carbocycles. The van der Waals surface area contributed by atoms with Crippen LogP contribution < -0.4 is 0 Å². The normalized spacial score (nSPS) is 18.6. The van der Waals surface area contributed by atoms with Gasteiger partial charge in [0.05, 0.1) is 10.9 Å². The highest BCUT2D eigenvalue weighted by atomic mass is 19.2. The molecule has 4 rings (SSSR count). The van der Waals surface area contributed by atoms with Crippen LogP contribution in [0.3, 0.4) is 0 Å². The van der Waals surface area contributed by atoms with Gasteiger partial charge in [0.2, 0.25) is 0 Å². The van der Waals surface area contributed by atoms with Gasteiger partial charge in [0.1, 0.15) is 11.6 Å². The van der Waals surface area contributed by atoms with Gasteiger partial charge in [-0.1, -0.05) is 30.9 Å². The molecule has 3 aromatic rings. The first-order chi connectivity index (χ1) is 14.9. The highest BCUT2D eigenvalue weighted by Gasteiger charge is 2.24. The Balaban J connectivity index is 1.49. The van der Waals surface area contributed by atoms with E-state index in [1.165, 1.54) is 18.2 Å². The molecule has 160 valence electrons. The predicted molar refractivity (Wildman–Crippen MR) is 111 cm³/mol. The summed E-state index contributed by atoms with van der Waals surface area (Å²) in [6, 6.07) is 8.65. The molecule has 0 bridgehead atoms. The fourth-order valence-corrected chi connectivity index (χ4v) is 4.28. The lowest BCUT2D eigenvalue weighted by atomic mass is 9.78. The maximum atomic E-state index is 14.5. The Labute approximate surface area is 178 Å². The lowest BCUT2D eigenvalue weighted by Crippen LogP contribution is -2.12. The van der Waals surface area contributed by atoms with Crippen LogP contribution in [-0.4, -0.2) is 0 Å². The summed E-state index contributed by atoms with van der Waals surface area (Å²) in [7, 11) is 0. The average molecular weight is 428 g/mol. The Morgan fingerprint density at radius 2 is 1.55 bits per heavy atom. The lowest BCUT2D eigenvalue weighted by Gasteiger charge is -2.26. The van der Waals surface area contributed by atoms with Crippen LogP contribution in [0.2, 0.25) is 0 Å². The summed E-state index contributed by atoms with van der Waals surface area (Å²) in [5, 5.41) is -0.516. The molecule has 0 atom stereocenters. The maximum Gasteiger partial charge on any atom is 0.195 e. The van der Waals surface area contributed by atoms with Crippen molar-refractivity contribution in [3.63, 3.8) is 0 Å². The van der Waals surface area contributed by atoms with E-state index in [-0.39, 0.29) is 23.0 Å². The molecule has 0 N–H and O–H groups in total. The van der Waals surface area contributed by atoms with Crippen LogP contribution in [0.25, 0.3) is 10.8 Å². The molecule has 31 heavy (non-hydrogen) atoms. The van der Waals surface area contributed by atoms with Crippen molar-refractivity contribution in [3.05, 3.63) is 82.2 Å². The average Bonchev–Trinajstić information content (AvgIpc) is 2.76. The van der Waals surface area contributed by atoms with Crippen molar-refractivity contribution in [3.8, 4) is 11.8 Å². The quantitative estimate of drug-likeness (QED) is 0.226. The molecule has 3 aromatic carbocycles. The molecular formula is C26H21F5. The molecule has 0 heterocycles. The monoisotopic (exact) mass is 428 g/mol. The molecule has 0 aromatic heterocycles. The Bertz CT molecular complexity index is 1190. The zero-order valence-corrected chi connectivity index (χ0v) is 17.0. The third kappa shape index (κ3) is 4.30.